The molecule has 27 heavy (non-hydrogen) atoms. The van der Waals surface area contributed by atoms with Gasteiger partial charge >= 0.3 is 6.18 Å². The molecule has 1 amide bonds. The van der Waals surface area contributed by atoms with E-state index in [0.717, 1.165) is 17.3 Å². The van der Waals surface area contributed by atoms with E-state index in [2.05, 4.69) is 20.6 Å². The number of amides is 1. The summed E-state index contributed by atoms with van der Waals surface area (Å²) in [5.74, 6) is -0.270. The minimum atomic E-state index is -4.53. The van der Waals surface area contributed by atoms with Crippen molar-refractivity contribution in [3.05, 3.63) is 56.1 Å². The van der Waals surface area contributed by atoms with Crippen LogP contribution in [0.1, 0.15) is 28.8 Å². The molecule has 2 heterocycles. The fraction of sp³-hybridized carbons (Fsp3) is 0.353. The van der Waals surface area contributed by atoms with E-state index in [1.807, 2.05) is 6.07 Å². The molecule has 0 bridgehead atoms. The molecule has 10 heteroatoms. The molecule has 0 radical (unpaired) electrons. The largest absolute Gasteiger partial charge is 0.417 e. The Hall–Kier alpha value is -2.55. The van der Waals surface area contributed by atoms with E-state index in [1.165, 1.54) is 0 Å². The Morgan fingerprint density at radius 1 is 1.30 bits per heavy atom. The van der Waals surface area contributed by atoms with Gasteiger partial charge in [0, 0.05) is 37.0 Å². The average molecular weight is 403 g/mol. The second-order valence-electron chi connectivity index (χ2n) is 5.95. The quantitative estimate of drug-likeness (QED) is 0.692. The number of carbonyl (C=O) groups excluding carboxylic acids is 1. The van der Waals surface area contributed by atoms with Gasteiger partial charge in [-0.2, -0.15) is 13.2 Å². The first-order chi connectivity index (χ1) is 12.6. The number of aromatic amines is 1. The van der Waals surface area contributed by atoms with Crippen molar-refractivity contribution in [3.8, 4) is 0 Å². The molecule has 6 nitrogen and oxygen atoms in total. The Labute approximate surface area is 158 Å². The zero-order valence-electron chi connectivity index (χ0n) is 14.6. The van der Waals surface area contributed by atoms with Crippen molar-refractivity contribution in [1.82, 2.24) is 15.3 Å². The molecule has 0 aliphatic heterocycles. The molecule has 0 aliphatic rings. The third-order valence-electron chi connectivity index (χ3n) is 3.77. The smallest absolute Gasteiger partial charge is 0.368 e. The van der Waals surface area contributed by atoms with Crippen LogP contribution in [0.2, 0.25) is 5.02 Å². The number of nitrogens with zero attached hydrogens (tertiary/aromatic N) is 1. The predicted octanol–water partition coefficient (Wildman–Crippen LogP) is 3.18. The highest BCUT2D eigenvalue weighted by Crippen LogP contribution is 2.32. The van der Waals surface area contributed by atoms with Gasteiger partial charge in [-0.15, -0.1) is 0 Å². The Balaban J connectivity index is 1.86. The summed E-state index contributed by atoms with van der Waals surface area (Å²) in [5.41, 5.74) is 0.767. The Kier molecular flexibility index (Phi) is 6.48. The van der Waals surface area contributed by atoms with E-state index in [9.17, 15) is 22.8 Å². The highest BCUT2D eigenvalue weighted by molar-refractivity contribution is 6.32. The normalized spacial score (nSPS) is 11.3. The van der Waals surface area contributed by atoms with Crippen molar-refractivity contribution in [3.63, 3.8) is 0 Å². The number of anilines is 1. The van der Waals surface area contributed by atoms with Crippen LogP contribution >= 0.6 is 11.6 Å². The van der Waals surface area contributed by atoms with Crippen molar-refractivity contribution in [2.45, 2.75) is 33.0 Å². The molecule has 0 aromatic carbocycles. The molecule has 2 aromatic heterocycles. The lowest BCUT2D eigenvalue weighted by Gasteiger charge is -2.11. The molecule has 2 aromatic rings. The average Bonchev–Trinajstić information content (AvgIpc) is 2.54. The number of carbonyl (C=O) groups is 1. The lowest BCUT2D eigenvalue weighted by atomic mass is 10.1. The van der Waals surface area contributed by atoms with E-state index in [-0.39, 0.29) is 41.8 Å². The number of pyridine rings is 2. The summed E-state index contributed by atoms with van der Waals surface area (Å²) in [5, 5.41) is 5.15. The van der Waals surface area contributed by atoms with Crippen molar-refractivity contribution in [2.75, 3.05) is 11.9 Å². The maximum Gasteiger partial charge on any atom is 0.417 e. The van der Waals surface area contributed by atoms with Crippen LogP contribution in [0.4, 0.5) is 19.0 Å². The highest BCUT2D eigenvalue weighted by atomic mass is 35.5. The van der Waals surface area contributed by atoms with Gasteiger partial charge < -0.3 is 15.6 Å². The van der Waals surface area contributed by atoms with E-state index >= 15 is 0 Å². The topological polar surface area (TPSA) is 86.9 Å². The van der Waals surface area contributed by atoms with E-state index < -0.39 is 11.7 Å². The first-order valence-corrected chi connectivity index (χ1v) is 8.38. The highest BCUT2D eigenvalue weighted by Gasteiger charge is 2.31. The van der Waals surface area contributed by atoms with Gasteiger partial charge in [-0.3, -0.25) is 9.59 Å². The summed E-state index contributed by atoms with van der Waals surface area (Å²) in [6, 6.07) is 2.58. The molecular weight excluding hydrogens is 385 g/mol. The van der Waals surface area contributed by atoms with Crippen LogP contribution in [0.25, 0.3) is 0 Å². The number of aromatic nitrogens is 2. The zero-order chi connectivity index (χ0) is 20.2. The summed E-state index contributed by atoms with van der Waals surface area (Å²) in [6.07, 6.45) is -3.83. The fourth-order valence-corrected chi connectivity index (χ4v) is 2.63. The number of nitrogens with one attached hydrogen (secondary N) is 3. The maximum atomic E-state index is 12.6. The third kappa shape index (κ3) is 5.72. The first-order valence-electron chi connectivity index (χ1n) is 8.00. The van der Waals surface area contributed by atoms with Gasteiger partial charge in [0.05, 0.1) is 10.6 Å². The minimum absolute atomic E-state index is 0.0296. The molecular formula is C17H18ClF3N4O2. The maximum absolute atomic E-state index is 12.6. The van der Waals surface area contributed by atoms with Gasteiger partial charge in [0.15, 0.2) is 0 Å². The number of alkyl halides is 3. The van der Waals surface area contributed by atoms with Crippen molar-refractivity contribution >= 4 is 23.3 Å². The lowest BCUT2D eigenvalue weighted by Crippen LogP contribution is -2.29. The summed E-state index contributed by atoms with van der Waals surface area (Å²) in [4.78, 5) is 30.1. The SMILES string of the molecule is Cc1cc(C)c(CNC(=O)CCNc2ncc(C(F)(F)F)cc2Cl)c(=O)[nH]1. The molecule has 0 spiro atoms. The molecule has 0 fully saturated rings. The molecule has 0 atom stereocenters. The number of aryl methyl sites for hydroxylation is 2. The van der Waals surface area contributed by atoms with E-state index in [1.54, 1.807) is 13.8 Å². The molecule has 3 N–H and O–H groups in total. The van der Waals surface area contributed by atoms with Crippen molar-refractivity contribution < 1.29 is 18.0 Å². The van der Waals surface area contributed by atoms with Crippen LogP contribution in [0.3, 0.4) is 0 Å². The Bertz CT molecular complexity index is 897. The van der Waals surface area contributed by atoms with Crippen LogP contribution in [0.5, 0.6) is 0 Å². The molecule has 146 valence electrons. The van der Waals surface area contributed by atoms with Crippen LogP contribution < -0.4 is 16.2 Å². The Morgan fingerprint density at radius 3 is 2.59 bits per heavy atom. The number of rotatable bonds is 6. The monoisotopic (exact) mass is 402 g/mol. The van der Waals surface area contributed by atoms with Crippen LogP contribution in [-0.4, -0.2) is 22.4 Å². The summed E-state index contributed by atoms with van der Waals surface area (Å²) in [6.45, 7) is 3.75. The molecule has 0 saturated heterocycles. The minimum Gasteiger partial charge on any atom is -0.368 e. The summed E-state index contributed by atoms with van der Waals surface area (Å²) < 4.78 is 37.7. The van der Waals surface area contributed by atoms with E-state index in [4.69, 9.17) is 11.6 Å². The van der Waals surface area contributed by atoms with Crippen LogP contribution in [0.15, 0.2) is 23.1 Å². The van der Waals surface area contributed by atoms with Crippen molar-refractivity contribution in [1.29, 1.82) is 0 Å². The molecule has 0 saturated carbocycles. The molecule has 2 rings (SSSR count). The third-order valence-corrected chi connectivity index (χ3v) is 4.06. The second-order valence-corrected chi connectivity index (χ2v) is 6.36. The summed E-state index contributed by atoms with van der Waals surface area (Å²) >= 11 is 5.78. The van der Waals surface area contributed by atoms with Gasteiger partial charge in [0.1, 0.15) is 5.82 Å². The predicted molar refractivity (Wildman–Crippen MR) is 95.7 cm³/mol. The fourth-order valence-electron chi connectivity index (χ4n) is 2.39. The standard InChI is InChI=1S/C17H18ClF3N4O2/c1-9-5-10(2)25-16(27)12(9)8-23-14(26)3-4-22-15-13(18)6-11(7-24-15)17(19,20)21/h5-7H,3-4,8H2,1-2H3,(H,22,24)(H,23,26)(H,25,27). The number of hydrogen-bond donors (Lipinski definition) is 3. The molecule has 0 unspecified atom stereocenters. The van der Waals surface area contributed by atoms with Crippen LogP contribution in [0, 0.1) is 13.8 Å². The Morgan fingerprint density at radius 2 is 2.00 bits per heavy atom. The molecule has 0 aliphatic carbocycles. The van der Waals surface area contributed by atoms with Crippen molar-refractivity contribution in [2.24, 2.45) is 0 Å². The zero-order valence-corrected chi connectivity index (χ0v) is 15.4. The lowest BCUT2D eigenvalue weighted by molar-refractivity contribution is -0.137. The number of hydrogen-bond acceptors (Lipinski definition) is 4. The second kappa shape index (κ2) is 8.43. The van der Waals surface area contributed by atoms with Gasteiger partial charge in [-0.25, -0.2) is 4.98 Å². The van der Waals surface area contributed by atoms with E-state index in [0.29, 0.717) is 11.8 Å². The van der Waals surface area contributed by atoms with Crippen LogP contribution in [-0.2, 0) is 17.5 Å². The number of halogens is 4. The van der Waals surface area contributed by atoms with Gasteiger partial charge in [-0.1, -0.05) is 11.6 Å². The first kappa shape index (κ1) is 20.8. The van der Waals surface area contributed by atoms with Gasteiger partial charge in [-0.05, 0) is 31.5 Å². The van der Waals surface area contributed by atoms with Gasteiger partial charge in [0.25, 0.3) is 5.56 Å². The summed E-state index contributed by atoms with van der Waals surface area (Å²) in [7, 11) is 0. The number of H-pyrrole nitrogens is 1. The van der Waals surface area contributed by atoms with Gasteiger partial charge in [0.2, 0.25) is 5.91 Å².